The molecule has 4 heteroatoms. The van der Waals surface area contributed by atoms with Crippen LogP contribution >= 0.6 is 11.6 Å². The molecule has 0 saturated carbocycles. The van der Waals surface area contributed by atoms with Gasteiger partial charge in [-0.15, -0.1) is 0 Å². The summed E-state index contributed by atoms with van der Waals surface area (Å²) in [5.41, 5.74) is 1.34. The molecule has 0 saturated heterocycles. The summed E-state index contributed by atoms with van der Waals surface area (Å²) in [6.07, 6.45) is 0. The van der Waals surface area contributed by atoms with E-state index in [1.54, 1.807) is 13.0 Å². The van der Waals surface area contributed by atoms with Gasteiger partial charge in [0.05, 0.1) is 12.7 Å². The number of halogens is 1. The smallest absolute Gasteiger partial charge is 0.252 e. The van der Waals surface area contributed by atoms with Crippen molar-refractivity contribution in [1.82, 2.24) is 0 Å². The van der Waals surface area contributed by atoms with Crippen molar-refractivity contribution in [3.05, 3.63) is 28.8 Å². The van der Waals surface area contributed by atoms with Gasteiger partial charge in [0.15, 0.2) is 0 Å². The van der Waals surface area contributed by atoms with Gasteiger partial charge in [-0.3, -0.25) is 4.79 Å². The lowest BCUT2D eigenvalue weighted by atomic mass is 10.1. The molecule has 0 aromatic heterocycles. The molecule has 0 fully saturated rings. The van der Waals surface area contributed by atoms with Crippen LogP contribution in [0.1, 0.15) is 21.5 Å². The third-order valence-electron chi connectivity index (χ3n) is 1.88. The average Bonchev–Trinajstić information content (AvgIpc) is 2.16. The zero-order chi connectivity index (χ0) is 10.7. The molecule has 0 N–H and O–H groups in total. The summed E-state index contributed by atoms with van der Waals surface area (Å²) in [7, 11) is 1.47. The van der Waals surface area contributed by atoms with Gasteiger partial charge in [0, 0.05) is 5.56 Å². The van der Waals surface area contributed by atoms with Crippen LogP contribution in [0, 0.1) is 18.3 Å². The molecule has 1 rings (SSSR count). The Balaban J connectivity index is 3.40. The van der Waals surface area contributed by atoms with E-state index in [0.29, 0.717) is 22.4 Å². The summed E-state index contributed by atoms with van der Waals surface area (Å²) in [4.78, 5) is 10.9. The van der Waals surface area contributed by atoms with Crippen LogP contribution < -0.4 is 4.74 Å². The van der Waals surface area contributed by atoms with Crippen molar-refractivity contribution < 1.29 is 9.53 Å². The summed E-state index contributed by atoms with van der Waals surface area (Å²) in [5, 5.41) is 8.19. The maximum atomic E-state index is 10.9. The lowest BCUT2D eigenvalue weighted by Crippen LogP contribution is -1.97. The van der Waals surface area contributed by atoms with E-state index in [9.17, 15) is 4.79 Å². The van der Waals surface area contributed by atoms with E-state index >= 15 is 0 Å². The van der Waals surface area contributed by atoms with Crippen molar-refractivity contribution in [2.24, 2.45) is 0 Å². The molecule has 0 heterocycles. The minimum Gasteiger partial charge on any atom is -0.495 e. The summed E-state index contributed by atoms with van der Waals surface area (Å²) in [6.45, 7) is 1.74. The Hall–Kier alpha value is -1.53. The largest absolute Gasteiger partial charge is 0.495 e. The van der Waals surface area contributed by atoms with Gasteiger partial charge in [0.1, 0.15) is 11.8 Å². The third kappa shape index (κ3) is 1.86. The zero-order valence-corrected chi connectivity index (χ0v) is 8.55. The van der Waals surface area contributed by atoms with E-state index in [2.05, 4.69) is 0 Å². The third-order valence-corrected chi connectivity index (χ3v) is 2.08. The van der Waals surface area contributed by atoms with Gasteiger partial charge in [-0.1, -0.05) is 0 Å². The van der Waals surface area contributed by atoms with Crippen LogP contribution in [0.15, 0.2) is 12.1 Å². The van der Waals surface area contributed by atoms with E-state index in [0.717, 1.165) is 0 Å². The van der Waals surface area contributed by atoms with Crippen molar-refractivity contribution >= 4 is 16.8 Å². The topological polar surface area (TPSA) is 50.1 Å². The normalized spacial score (nSPS) is 9.29. The van der Waals surface area contributed by atoms with E-state index in [-0.39, 0.29) is 0 Å². The van der Waals surface area contributed by atoms with Gasteiger partial charge >= 0.3 is 0 Å². The van der Waals surface area contributed by atoms with E-state index in [1.807, 2.05) is 6.07 Å². The highest BCUT2D eigenvalue weighted by Gasteiger charge is 2.11. The first kappa shape index (κ1) is 10.6. The number of aryl methyl sites for hydroxylation is 1. The number of hydrogen-bond acceptors (Lipinski definition) is 3. The first-order chi connectivity index (χ1) is 6.60. The molecule has 0 aliphatic carbocycles. The van der Waals surface area contributed by atoms with Crippen molar-refractivity contribution in [3.63, 3.8) is 0 Å². The summed E-state index contributed by atoms with van der Waals surface area (Å²) in [5.74, 6) is 0.451. The second-order valence-corrected chi connectivity index (χ2v) is 3.10. The zero-order valence-electron chi connectivity index (χ0n) is 7.80. The van der Waals surface area contributed by atoms with Crippen LogP contribution in [0.2, 0.25) is 0 Å². The molecule has 1 aromatic carbocycles. The highest BCUT2D eigenvalue weighted by atomic mass is 35.5. The summed E-state index contributed by atoms with van der Waals surface area (Å²) < 4.78 is 4.97. The molecule has 0 aliphatic rings. The van der Waals surface area contributed by atoms with E-state index in [1.165, 1.54) is 13.2 Å². The lowest BCUT2D eigenvalue weighted by molar-refractivity contribution is 0.108. The number of nitriles is 1. The number of benzene rings is 1. The van der Waals surface area contributed by atoms with Crippen LogP contribution in [-0.4, -0.2) is 12.4 Å². The summed E-state index contributed by atoms with van der Waals surface area (Å²) in [6, 6.07) is 4.99. The Labute approximate surface area is 86.9 Å². The van der Waals surface area contributed by atoms with Crippen molar-refractivity contribution in [1.29, 1.82) is 5.26 Å². The number of ether oxygens (including phenoxy) is 1. The molecule has 1 aromatic rings. The number of hydrogen-bond donors (Lipinski definition) is 0. The van der Waals surface area contributed by atoms with Crippen LogP contribution in [0.5, 0.6) is 5.75 Å². The number of carbonyl (C=O) groups is 1. The van der Waals surface area contributed by atoms with Crippen LogP contribution in [-0.2, 0) is 0 Å². The van der Waals surface area contributed by atoms with Gasteiger partial charge < -0.3 is 4.74 Å². The van der Waals surface area contributed by atoms with Gasteiger partial charge in [0.25, 0.3) is 5.24 Å². The highest BCUT2D eigenvalue weighted by molar-refractivity contribution is 6.67. The van der Waals surface area contributed by atoms with Crippen LogP contribution in [0.3, 0.4) is 0 Å². The van der Waals surface area contributed by atoms with Crippen LogP contribution in [0.25, 0.3) is 0 Å². The Morgan fingerprint density at radius 1 is 1.57 bits per heavy atom. The monoisotopic (exact) mass is 209 g/mol. The molecular formula is C10H8ClNO2. The first-order valence-electron chi connectivity index (χ1n) is 3.88. The van der Waals surface area contributed by atoms with Gasteiger partial charge in [0.2, 0.25) is 0 Å². The highest BCUT2D eigenvalue weighted by Crippen LogP contribution is 2.23. The molecule has 0 unspecified atom stereocenters. The number of nitrogens with zero attached hydrogens (tertiary/aromatic N) is 1. The molecule has 0 spiro atoms. The average molecular weight is 210 g/mol. The van der Waals surface area contributed by atoms with Gasteiger partial charge in [-0.25, -0.2) is 0 Å². The lowest BCUT2D eigenvalue weighted by Gasteiger charge is -2.06. The fourth-order valence-electron chi connectivity index (χ4n) is 1.15. The number of carbonyl (C=O) groups excluding carboxylic acids is 1. The second-order valence-electron chi connectivity index (χ2n) is 2.75. The fraction of sp³-hybridized carbons (Fsp3) is 0.200. The van der Waals surface area contributed by atoms with E-state index < -0.39 is 5.24 Å². The Bertz CT molecular complexity index is 421. The molecule has 14 heavy (non-hydrogen) atoms. The quantitative estimate of drug-likeness (QED) is 0.702. The van der Waals surface area contributed by atoms with Gasteiger partial charge in [-0.05, 0) is 36.2 Å². The van der Waals surface area contributed by atoms with Crippen molar-refractivity contribution in [3.8, 4) is 11.8 Å². The SMILES string of the molecule is COc1cc(C)c(C(=O)Cl)cc1C#N. The second kappa shape index (κ2) is 4.12. The molecule has 0 aliphatic heterocycles. The Kier molecular flexibility index (Phi) is 3.10. The Morgan fingerprint density at radius 3 is 2.64 bits per heavy atom. The molecule has 0 atom stereocenters. The molecule has 0 bridgehead atoms. The molecule has 0 amide bonds. The van der Waals surface area contributed by atoms with Crippen molar-refractivity contribution in [2.75, 3.05) is 7.11 Å². The van der Waals surface area contributed by atoms with Gasteiger partial charge in [-0.2, -0.15) is 5.26 Å². The molecule has 3 nitrogen and oxygen atoms in total. The molecular weight excluding hydrogens is 202 g/mol. The number of methoxy groups -OCH3 is 1. The minimum absolute atomic E-state index is 0.308. The van der Waals surface area contributed by atoms with Crippen molar-refractivity contribution in [2.45, 2.75) is 6.92 Å². The first-order valence-corrected chi connectivity index (χ1v) is 4.26. The molecule has 0 radical (unpaired) electrons. The predicted octanol–water partition coefficient (Wildman–Crippen LogP) is 2.25. The van der Waals surface area contributed by atoms with E-state index in [4.69, 9.17) is 21.6 Å². The van der Waals surface area contributed by atoms with Crippen LogP contribution in [0.4, 0.5) is 0 Å². The minimum atomic E-state index is -0.568. The maximum Gasteiger partial charge on any atom is 0.252 e. The Morgan fingerprint density at radius 2 is 2.21 bits per heavy atom. The fourth-order valence-corrected chi connectivity index (χ4v) is 1.35. The predicted molar refractivity (Wildman–Crippen MR) is 52.6 cm³/mol. The summed E-state index contributed by atoms with van der Waals surface area (Å²) >= 11 is 5.34. The standard InChI is InChI=1S/C10H8ClNO2/c1-6-3-9(14-2)7(5-12)4-8(6)10(11)13/h3-4H,1-2H3. The number of rotatable bonds is 2. The maximum absolute atomic E-state index is 10.9. The molecule has 72 valence electrons.